The van der Waals surface area contributed by atoms with Crippen LogP contribution < -0.4 is 4.87 Å². The molecule has 0 atom stereocenters. The molecule has 1 aromatic rings. The number of aryl methyl sites for hydroxylation is 1. The lowest BCUT2D eigenvalue weighted by atomic mass is 10.3. The number of carbonyl (C=O) groups excluding carboxylic acids is 1. The van der Waals surface area contributed by atoms with E-state index in [-0.39, 0.29) is 10.8 Å². The molecular weight excluding hydrogens is 260 g/mol. The second kappa shape index (κ2) is 6.37. The lowest BCUT2D eigenvalue weighted by Gasteiger charge is -2.22. The number of nitrogens with zero attached hydrogens (tertiary/aromatic N) is 2. The normalized spacial score (nSPS) is 14.6. The zero-order chi connectivity index (χ0) is 13.8. The molecule has 1 aromatic heterocycles. The van der Waals surface area contributed by atoms with Crippen molar-refractivity contribution in [3.8, 4) is 0 Å². The van der Waals surface area contributed by atoms with Crippen LogP contribution in [0.4, 0.5) is 0 Å². The summed E-state index contributed by atoms with van der Waals surface area (Å²) in [5.41, 5.74) is 0.951. The van der Waals surface area contributed by atoms with Crippen LogP contribution in [0.3, 0.4) is 0 Å². The minimum Gasteiger partial charge on any atom is -0.342 e. The molecule has 0 aromatic carbocycles. The molecule has 19 heavy (non-hydrogen) atoms. The molecule has 2 rings (SSSR count). The Kier molecular flexibility index (Phi) is 4.80. The highest BCUT2D eigenvalue weighted by atomic mass is 32.1. The Hall–Kier alpha value is -1.10. The van der Waals surface area contributed by atoms with E-state index in [1.807, 2.05) is 17.2 Å². The molecule has 0 unspecified atom stereocenters. The maximum Gasteiger partial charge on any atom is 0.307 e. The van der Waals surface area contributed by atoms with Crippen LogP contribution in [0.1, 0.15) is 38.3 Å². The van der Waals surface area contributed by atoms with Gasteiger partial charge in [-0.15, -0.1) is 0 Å². The smallest absolute Gasteiger partial charge is 0.307 e. The number of hydrogen-bond acceptors (Lipinski definition) is 3. The standard InChI is InChI=1S/C14H22N2O2S/c1-3-7-15(9-12-4-5-12)13(17)6-8-16-11(2)10-19-14(16)18/h10,12H,3-9H2,1-2H3. The maximum absolute atomic E-state index is 12.2. The number of hydrogen-bond donors (Lipinski definition) is 0. The highest BCUT2D eigenvalue weighted by molar-refractivity contribution is 7.07. The first-order valence-corrected chi connectivity index (χ1v) is 7.92. The minimum atomic E-state index is 0.0366. The van der Waals surface area contributed by atoms with Gasteiger partial charge < -0.3 is 9.47 Å². The van der Waals surface area contributed by atoms with Crippen molar-refractivity contribution in [3.05, 3.63) is 20.7 Å². The molecule has 1 aliphatic rings. The Morgan fingerprint density at radius 1 is 1.53 bits per heavy atom. The van der Waals surface area contributed by atoms with Gasteiger partial charge in [0.15, 0.2) is 0 Å². The summed E-state index contributed by atoms with van der Waals surface area (Å²) in [5.74, 6) is 0.910. The summed E-state index contributed by atoms with van der Waals surface area (Å²) in [6.07, 6.45) is 3.95. The Morgan fingerprint density at radius 3 is 2.79 bits per heavy atom. The van der Waals surface area contributed by atoms with E-state index in [2.05, 4.69) is 6.92 Å². The Balaban J connectivity index is 1.89. The van der Waals surface area contributed by atoms with Crippen LogP contribution in [0, 0.1) is 12.8 Å². The van der Waals surface area contributed by atoms with Gasteiger partial charge in [0.25, 0.3) is 0 Å². The first kappa shape index (κ1) is 14.3. The fourth-order valence-corrected chi connectivity index (χ4v) is 3.00. The molecule has 0 bridgehead atoms. The maximum atomic E-state index is 12.2. The summed E-state index contributed by atoms with van der Waals surface area (Å²) in [4.78, 5) is 25.8. The van der Waals surface area contributed by atoms with E-state index >= 15 is 0 Å². The third-order valence-corrected chi connectivity index (χ3v) is 4.43. The molecule has 1 saturated carbocycles. The van der Waals surface area contributed by atoms with Crippen LogP contribution in [-0.2, 0) is 11.3 Å². The number of thiazole rings is 1. The van der Waals surface area contributed by atoms with Crippen molar-refractivity contribution in [1.82, 2.24) is 9.47 Å². The zero-order valence-corrected chi connectivity index (χ0v) is 12.5. The van der Waals surface area contributed by atoms with Crippen LogP contribution >= 0.6 is 11.3 Å². The van der Waals surface area contributed by atoms with Gasteiger partial charge >= 0.3 is 4.87 Å². The summed E-state index contributed by atoms with van der Waals surface area (Å²) in [7, 11) is 0. The topological polar surface area (TPSA) is 42.3 Å². The molecule has 0 saturated heterocycles. The summed E-state index contributed by atoms with van der Waals surface area (Å²) in [6, 6.07) is 0. The van der Waals surface area contributed by atoms with Gasteiger partial charge in [-0.3, -0.25) is 9.59 Å². The summed E-state index contributed by atoms with van der Waals surface area (Å²) in [6.45, 7) is 6.27. The summed E-state index contributed by atoms with van der Waals surface area (Å²) >= 11 is 1.20. The van der Waals surface area contributed by atoms with E-state index in [4.69, 9.17) is 0 Å². The van der Waals surface area contributed by atoms with Crippen LogP contribution in [0.25, 0.3) is 0 Å². The van der Waals surface area contributed by atoms with Gasteiger partial charge in [0.05, 0.1) is 0 Å². The lowest BCUT2D eigenvalue weighted by Crippen LogP contribution is -2.34. The number of rotatable bonds is 7. The molecule has 106 valence electrons. The summed E-state index contributed by atoms with van der Waals surface area (Å²) in [5, 5.41) is 1.85. The molecule has 5 heteroatoms. The second-order valence-corrected chi connectivity index (χ2v) is 6.15. The predicted molar refractivity (Wildman–Crippen MR) is 77.5 cm³/mol. The van der Waals surface area contributed by atoms with E-state index in [1.165, 1.54) is 24.2 Å². The van der Waals surface area contributed by atoms with Crippen LogP contribution in [0.15, 0.2) is 10.2 Å². The average molecular weight is 282 g/mol. The monoisotopic (exact) mass is 282 g/mol. The van der Waals surface area contributed by atoms with Crippen molar-refractivity contribution in [2.45, 2.75) is 46.1 Å². The van der Waals surface area contributed by atoms with Crippen molar-refractivity contribution in [2.24, 2.45) is 5.92 Å². The van der Waals surface area contributed by atoms with Crippen molar-refractivity contribution in [1.29, 1.82) is 0 Å². The van der Waals surface area contributed by atoms with Gasteiger partial charge in [-0.2, -0.15) is 0 Å². The highest BCUT2D eigenvalue weighted by Gasteiger charge is 2.26. The Morgan fingerprint density at radius 2 is 2.26 bits per heavy atom. The fourth-order valence-electron chi connectivity index (χ4n) is 2.24. The number of carbonyl (C=O) groups is 1. The van der Waals surface area contributed by atoms with Crippen molar-refractivity contribution < 1.29 is 4.79 Å². The van der Waals surface area contributed by atoms with Crippen molar-refractivity contribution >= 4 is 17.2 Å². The third-order valence-electron chi connectivity index (χ3n) is 3.55. The van der Waals surface area contributed by atoms with E-state index in [0.717, 1.165) is 31.1 Å². The van der Waals surface area contributed by atoms with Crippen molar-refractivity contribution in [3.63, 3.8) is 0 Å². The van der Waals surface area contributed by atoms with E-state index in [9.17, 15) is 9.59 Å². The van der Waals surface area contributed by atoms with E-state index in [1.54, 1.807) is 4.57 Å². The first-order chi connectivity index (χ1) is 9.11. The van der Waals surface area contributed by atoms with Gasteiger partial charge in [0, 0.05) is 37.1 Å². The minimum absolute atomic E-state index is 0.0366. The van der Waals surface area contributed by atoms with Crippen LogP contribution in [-0.4, -0.2) is 28.5 Å². The molecule has 0 N–H and O–H groups in total. The van der Waals surface area contributed by atoms with Gasteiger partial charge in [-0.1, -0.05) is 18.3 Å². The highest BCUT2D eigenvalue weighted by Crippen LogP contribution is 2.29. The predicted octanol–water partition coefficient (Wildman–Crippen LogP) is 2.26. The fraction of sp³-hybridized carbons (Fsp3) is 0.714. The molecule has 0 aliphatic heterocycles. The molecule has 1 amide bonds. The number of amides is 1. The average Bonchev–Trinajstić information content (AvgIpc) is 3.14. The Bertz CT molecular complexity index is 488. The first-order valence-electron chi connectivity index (χ1n) is 7.04. The quantitative estimate of drug-likeness (QED) is 0.770. The van der Waals surface area contributed by atoms with Crippen LogP contribution in [0.5, 0.6) is 0 Å². The second-order valence-electron chi connectivity index (χ2n) is 5.33. The van der Waals surface area contributed by atoms with Crippen molar-refractivity contribution in [2.75, 3.05) is 13.1 Å². The van der Waals surface area contributed by atoms with Gasteiger partial charge in [0.1, 0.15) is 0 Å². The molecule has 4 nitrogen and oxygen atoms in total. The molecule has 1 fully saturated rings. The summed E-state index contributed by atoms with van der Waals surface area (Å²) < 4.78 is 1.70. The lowest BCUT2D eigenvalue weighted by molar-refractivity contribution is -0.131. The van der Waals surface area contributed by atoms with Gasteiger partial charge in [-0.25, -0.2) is 0 Å². The largest absolute Gasteiger partial charge is 0.342 e. The number of aromatic nitrogens is 1. The molecule has 1 aliphatic carbocycles. The molecule has 0 spiro atoms. The molecule has 1 heterocycles. The van der Waals surface area contributed by atoms with Crippen LogP contribution in [0.2, 0.25) is 0 Å². The molecular formula is C14H22N2O2S. The Labute approximate surface area is 118 Å². The van der Waals surface area contributed by atoms with E-state index in [0.29, 0.717) is 13.0 Å². The van der Waals surface area contributed by atoms with E-state index < -0.39 is 0 Å². The zero-order valence-electron chi connectivity index (χ0n) is 11.7. The van der Waals surface area contributed by atoms with Gasteiger partial charge in [-0.05, 0) is 32.1 Å². The molecule has 0 radical (unpaired) electrons. The van der Waals surface area contributed by atoms with Gasteiger partial charge in [0.2, 0.25) is 5.91 Å². The third kappa shape index (κ3) is 3.93. The SMILES string of the molecule is CCCN(CC1CC1)C(=O)CCn1c(C)csc1=O.